The molecule has 5 N–H and O–H groups in total. The SMILES string of the molecule is CCOC(=O)N1CCN(C(=O)C(CCNC(=O)c2cc(Oc3cccc(C(N)C(=O)O)c3)c3ccccc3n2)C(=O)O)CC1. The van der Waals surface area contributed by atoms with Crippen LogP contribution in [0.15, 0.2) is 54.6 Å². The molecule has 2 atom stereocenters. The first-order valence-corrected chi connectivity index (χ1v) is 14.0. The molecule has 2 heterocycles. The summed E-state index contributed by atoms with van der Waals surface area (Å²) in [5.41, 5.74) is 6.50. The molecular formula is C30H33N5O9. The Morgan fingerprint density at radius 1 is 0.955 bits per heavy atom. The Labute approximate surface area is 252 Å². The highest BCUT2D eigenvalue weighted by Crippen LogP contribution is 2.31. The van der Waals surface area contributed by atoms with Gasteiger partial charge >= 0.3 is 18.0 Å². The number of amides is 3. The van der Waals surface area contributed by atoms with E-state index < -0.39 is 41.8 Å². The zero-order chi connectivity index (χ0) is 31.8. The topological polar surface area (TPSA) is 202 Å². The van der Waals surface area contributed by atoms with Crippen LogP contribution in [0.2, 0.25) is 0 Å². The monoisotopic (exact) mass is 607 g/mol. The van der Waals surface area contributed by atoms with Crippen LogP contribution in [0.5, 0.6) is 11.5 Å². The fourth-order valence-electron chi connectivity index (χ4n) is 4.70. The molecule has 44 heavy (non-hydrogen) atoms. The molecule has 0 spiro atoms. The van der Waals surface area contributed by atoms with Crippen molar-refractivity contribution >= 4 is 40.7 Å². The quantitative estimate of drug-likeness (QED) is 0.233. The minimum absolute atomic E-state index is 0.00891. The summed E-state index contributed by atoms with van der Waals surface area (Å²) >= 11 is 0. The van der Waals surface area contributed by atoms with Crippen molar-refractivity contribution in [2.24, 2.45) is 11.7 Å². The van der Waals surface area contributed by atoms with Gasteiger partial charge in [0.05, 0.1) is 12.1 Å². The number of carboxylic acid groups (broad SMARTS) is 2. The zero-order valence-corrected chi connectivity index (χ0v) is 24.0. The van der Waals surface area contributed by atoms with E-state index in [9.17, 15) is 34.2 Å². The number of hydrogen-bond acceptors (Lipinski definition) is 9. The zero-order valence-electron chi connectivity index (χ0n) is 24.0. The van der Waals surface area contributed by atoms with E-state index in [1.165, 1.54) is 21.9 Å². The van der Waals surface area contributed by atoms with Gasteiger partial charge in [-0.1, -0.05) is 24.3 Å². The fourth-order valence-corrected chi connectivity index (χ4v) is 4.70. The number of nitrogens with zero attached hydrogens (tertiary/aromatic N) is 3. The molecule has 1 aliphatic rings. The first kappa shape index (κ1) is 31.7. The number of carbonyl (C=O) groups is 5. The standard InChI is InChI=1S/C30H33N5O9/c1-2-43-30(42)35-14-12-34(13-15-35)27(37)21(28(38)39)10-11-32-26(36)23-17-24(20-8-3-4-9-22(20)33-23)44-19-7-5-6-18(16-19)25(31)29(40)41/h3-9,16-17,21,25H,2,10-15,31H2,1H3,(H,32,36)(H,38,39)(H,40,41). The van der Waals surface area contributed by atoms with Crippen LogP contribution in [0.1, 0.15) is 35.4 Å². The molecule has 232 valence electrons. The molecule has 1 aliphatic heterocycles. The number of piperazine rings is 1. The first-order valence-electron chi connectivity index (χ1n) is 14.0. The number of pyridine rings is 1. The Kier molecular flexibility index (Phi) is 10.3. The van der Waals surface area contributed by atoms with E-state index in [2.05, 4.69) is 10.3 Å². The predicted octanol–water partition coefficient (Wildman–Crippen LogP) is 2.23. The van der Waals surface area contributed by atoms with Crippen molar-refractivity contribution in [3.8, 4) is 11.5 Å². The molecule has 4 rings (SSSR count). The second-order valence-corrected chi connectivity index (χ2v) is 9.96. The molecule has 2 aromatic carbocycles. The summed E-state index contributed by atoms with van der Waals surface area (Å²) in [5.74, 6) is -4.53. The molecule has 1 aromatic heterocycles. The third kappa shape index (κ3) is 7.58. The number of para-hydroxylation sites is 1. The molecule has 1 fully saturated rings. The Morgan fingerprint density at radius 2 is 1.66 bits per heavy atom. The summed E-state index contributed by atoms with van der Waals surface area (Å²) in [7, 11) is 0. The van der Waals surface area contributed by atoms with Crippen molar-refractivity contribution in [2.75, 3.05) is 39.3 Å². The van der Waals surface area contributed by atoms with Crippen molar-refractivity contribution in [2.45, 2.75) is 19.4 Å². The summed E-state index contributed by atoms with van der Waals surface area (Å²) < 4.78 is 11.0. The fraction of sp³-hybridized carbons (Fsp3) is 0.333. The van der Waals surface area contributed by atoms with Gasteiger partial charge in [-0.05, 0) is 43.2 Å². The lowest BCUT2D eigenvalue weighted by molar-refractivity contribution is -0.152. The number of ether oxygens (including phenoxy) is 2. The average Bonchev–Trinajstić information content (AvgIpc) is 3.02. The van der Waals surface area contributed by atoms with E-state index in [-0.39, 0.29) is 57.2 Å². The van der Waals surface area contributed by atoms with Crippen LogP contribution in [0.3, 0.4) is 0 Å². The molecular weight excluding hydrogens is 574 g/mol. The molecule has 0 aliphatic carbocycles. The van der Waals surface area contributed by atoms with Gasteiger partial charge in [0.2, 0.25) is 5.91 Å². The Hall–Kier alpha value is -5.24. The predicted molar refractivity (Wildman–Crippen MR) is 156 cm³/mol. The first-order chi connectivity index (χ1) is 21.1. The van der Waals surface area contributed by atoms with Crippen molar-refractivity contribution < 1.29 is 43.7 Å². The summed E-state index contributed by atoms with van der Waals surface area (Å²) in [6.45, 7) is 2.59. The highest BCUT2D eigenvalue weighted by atomic mass is 16.6. The molecule has 0 bridgehead atoms. The molecule has 3 amide bonds. The highest BCUT2D eigenvalue weighted by molar-refractivity contribution is 5.98. The van der Waals surface area contributed by atoms with Gasteiger partial charge in [0.25, 0.3) is 5.91 Å². The maximum absolute atomic E-state index is 13.1. The van der Waals surface area contributed by atoms with E-state index in [1.54, 1.807) is 49.4 Å². The van der Waals surface area contributed by atoms with Crippen molar-refractivity contribution in [1.29, 1.82) is 0 Å². The number of aliphatic carboxylic acids is 2. The lowest BCUT2D eigenvalue weighted by Crippen LogP contribution is -2.53. The van der Waals surface area contributed by atoms with Crippen molar-refractivity contribution in [1.82, 2.24) is 20.1 Å². The van der Waals surface area contributed by atoms with Crippen LogP contribution in [0.25, 0.3) is 10.9 Å². The second kappa shape index (κ2) is 14.3. The summed E-state index contributed by atoms with van der Waals surface area (Å²) in [4.78, 5) is 68.5. The summed E-state index contributed by atoms with van der Waals surface area (Å²) in [6.07, 6.45) is -0.644. The number of carboxylic acids is 2. The van der Waals surface area contributed by atoms with Crippen LogP contribution in [-0.4, -0.2) is 94.2 Å². The number of rotatable bonds is 11. The van der Waals surface area contributed by atoms with E-state index >= 15 is 0 Å². The van der Waals surface area contributed by atoms with Crippen LogP contribution in [0.4, 0.5) is 4.79 Å². The Morgan fingerprint density at radius 3 is 2.34 bits per heavy atom. The average molecular weight is 608 g/mol. The normalized spacial score (nSPS) is 14.4. The summed E-state index contributed by atoms with van der Waals surface area (Å²) in [5, 5.41) is 22.2. The van der Waals surface area contributed by atoms with Crippen LogP contribution < -0.4 is 15.8 Å². The molecule has 0 radical (unpaired) electrons. The molecule has 2 unspecified atom stereocenters. The third-order valence-electron chi connectivity index (χ3n) is 7.05. The number of nitrogens with two attached hydrogens (primary N) is 1. The lowest BCUT2D eigenvalue weighted by Gasteiger charge is -2.35. The van der Waals surface area contributed by atoms with Gasteiger partial charge < -0.3 is 40.5 Å². The van der Waals surface area contributed by atoms with Crippen LogP contribution in [0, 0.1) is 5.92 Å². The maximum atomic E-state index is 13.1. The molecule has 14 heteroatoms. The molecule has 1 saturated heterocycles. The van der Waals surface area contributed by atoms with Gasteiger partial charge in [-0.25, -0.2) is 9.78 Å². The van der Waals surface area contributed by atoms with Gasteiger partial charge in [0.1, 0.15) is 29.2 Å². The minimum Gasteiger partial charge on any atom is -0.481 e. The second-order valence-electron chi connectivity index (χ2n) is 9.96. The molecule has 3 aromatic rings. The van der Waals surface area contributed by atoms with Crippen LogP contribution in [-0.2, 0) is 19.1 Å². The molecule has 0 saturated carbocycles. The van der Waals surface area contributed by atoms with Crippen molar-refractivity contribution in [3.63, 3.8) is 0 Å². The number of fused-ring (bicyclic) bond motifs is 1. The van der Waals surface area contributed by atoms with Gasteiger partial charge in [-0.15, -0.1) is 0 Å². The smallest absolute Gasteiger partial charge is 0.409 e. The van der Waals surface area contributed by atoms with Crippen LogP contribution >= 0.6 is 0 Å². The number of benzene rings is 2. The number of carbonyl (C=O) groups excluding carboxylic acids is 3. The van der Waals surface area contributed by atoms with Gasteiger partial charge in [-0.3, -0.25) is 19.2 Å². The van der Waals surface area contributed by atoms with Gasteiger partial charge in [0.15, 0.2) is 0 Å². The molecule has 14 nitrogen and oxygen atoms in total. The Bertz CT molecular complexity index is 1550. The number of nitrogens with one attached hydrogen (secondary N) is 1. The van der Waals surface area contributed by atoms with E-state index in [0.29, 0.717) is 22.2 Å². The summed E-state index contributed by atoms with van der Waals surface area (Å²) in [6, 6.07) is 13.4. The lowest BCUT2D eigenvalue weighted by atomic mass is 10.0. The maximum Gasteiger partial charge on any atom is 0.409 e. The van der Waals surface area contributed by atoms with E-state index in [0.717, 1.165) is 0 Å². The van der Waals surface area contributed by atoms with Crippen molar-refractivity contribution in [3.05, 3.63) is 65.9 Å². The van der Waals surface area contributed by atoms with E-state index in [1.807, 2.05) is 0 Å². The largest absolute Gasteiger partial charge is 0.481 e. The van der Waals surface area contributed by atoms with Gasteiger partial charge in [-0.2, -0.15) is 0 Å². The Balaban J connectivity index is 1.43. The number of aromatic nitrogens is 1. The number of hydrogen-bond donors (Lipinski definition) is 4. The minimum atomic E-state index is -1.39. The highest BCUT2D eigenvalue weighted by Gasteiger charge is 2.33. The van der Waals surface area contributed by atoms with E-state index in [4.69, 9.17) is 15.2 Å². The van der Waals surface area contributed by atoms with Gasteiger partial charge in [0, 0.05) is 44.2 Å². The third-order valence-corrected chi connectivity index (χ3v) is 7.05.